The van der Waals surface area contributed by atoms with Gasteiger partial charge in [0.05, 0.1) is 23.0 Å². The summed E-state index contributed by atoms with van der Waals surface area (Å²) in [7, 11) is 1.66. The quantitative estimate of drug-likeness (QED) is 0.733. The molecule has 0 saturated heterocycles. The van der Waals surface area contributed by atoms with Crippen LogP contribution in [0.25, 0.3) is 21.7 Å². The van der Waals surface area contributed by atoms with Crippen molar-refractivity contribution in [2.24, 2.45) is 0 Å². The average Bonchev–Trinajstić information content (AvgIpc) is 2.96. The van der Waals surface area contributed by atoms with Gasteiger partial charge in [-0.2, -0.15) is 0 Å². The Bertz CT molecular complexity index is 613. The molecule has 80 valence electrons. The maximum atomic E-state index is 5.18. The van der Waals surface area contributed by atoms with Gasteiger partial charge in [-0.15, -0.1) is 11.3 Å². The lowest BCUT2D eigenvalue weighted by molar-refractivity contribution is 0.415. The monoisotopic (exact) mass is 230 g/mol. The molecule has 2 aromatic heterocycles. The number of methoxy groups -OCH3 is 1. The Hall–Kier alpha value is -1.81. The Morgan fingerprint density at radius 1 is 1.31 bits per heavy atom. The summed E-state index contributed by atoms with van der Waals surface area (Å²) >= 11 is 1.68. The number of nitrogens with one attached hydrogen (secondary N) is 1. The van der Waals surface area contributed by atoms with Crippen molar-refractivity contribution in [2.45, 2.75) is 0 Å². The van der Waals surface area contributed by atoms with E-state index in [2.05, 4.69) is 16.0 Å². The highest BCUT2D eigenvalue weighted by molar-refractivity contribution is 7.13. The van der Waals surface area contributed by atoms with Crippen LogP contribution in [0.15, 0.2) is 35.7 Å². The van der Waals surface area contributed by atoms with Gasteiger partial charge in [0.25, 0.3) is 0 Å². The molecule has 0 aliphatic heterocycles. The van der Waals surface area contributed by atoms with E-state index >= 15 is 0 Å². The first-order chi connectivity index (χ1) is 7.86. The Kier molecular flexibility index (Phi) is 2.15. The van der Waals surface area contributed by atoms with Gasteiger partial charge in [-0.3, -0.25) is 0 Å². The van der Waals surface area contributed by atoms with E-state index in [0.717, 1.165) is 27.5 Å². The maximum Gasteiger partial charge on any atom is 0.148 e. The second-order valence-electron chi connectivity index (χ2n) is 3.45. The van der Waals surface area contributed by atoms with Gasteiger partial charge in [0, 0.05) is 6.07 Å². The number of hydrogen-bond donors (Lipinski definition) is 1. The van der Waals surface area contributed by atoms with Gasteiger partial charge in [0.1, 0.15) is 11.6 Å². The van der Waals surface area contributed by atoms with Crippen molar-refractivity contribution in [2.75, 3.05) is 7.11 Å². The van der Waals surface area contributed by atoms with E-state index in [9.17, 15) is 0 Å². The highest BCUT2D eigenvalue weighted by Gasteiger charge is 2.06. The molecule has 4 heteroatoms. The highest BCUT2D eigenvalue weighted by atomic mass is 32.1. The molecule has 0 fully saturated rings. The Labute approximate surface area is 96.7 Å². The molecule has 3 rings (SSSR count). The summed E-state index contributed by atoms with van der Waals surface area (Å²) in [5, 5.41) is 2.04. The number of aromatic amines is 1. The molecule has 1 N–H and O–H groups in total. The van der Waals surface area contributed by atoms with Gasteiger partial charge < -0.3 is 9.72 Å². The van der Waals surface area contributed by atoms with Crippen molar-refractivity contribution in [3.63, 3.8) is 0 Å². The van der Waals surface area contributed by atoms with Crippen LogP contribution in [0.3, 0.4) is 0 Å². The minimum Gasteiger partial charge on any atom is -0.497 e. The Morgan fingerprint density at radius 3 is 3.00 bits per heavy atom. The first kappa shape index (κ1) is 9.42. The van der Waals surface area contributed by atoms with Crippen molar-refractivity contribution >= 4 is 22.4 Å². The molecule has 3 nitrogen and oxygen atoms in total. The van der Waals surface area contributed by atoms with E-state index in [1.54, 1.807) is 18.4 Å². The van der Waals surface area contributed by atoms with Gasteiger partial charge in [-0.25, -0.2) is 4.98 Å². The van der Waals surface area contributed by atoms with Crippen molar-refractivity contribution in [1.29, 1.82) is 0 Å². The third-order valence-corrected chi connectivity index (χ3v) is 3.32. The second-order valence-corrected chi connectivity index (χ2v) is 4.39. The Morgan fingerprint density at radius 2 is 2.25 bits per heavy atom. The molecule has 0 aliphatic rings. The molecule has 0 bridgehead atoms. The molecule has 16 heavy (non-hydrogen) atoms. The van der Waals surface area contributed by atoms with Crippen LogP contribution in [0.1, 0.15) is 0 Å². The summed E-state index contributed by atoms with van der Waals surface area (Å²) in [5.74, 6) is 1.76. The number of hydrogen-bond acceptors (Lipinski definition) is 3. The molecule has 0 saturated carbocycles. The average molecular weight is 230 g/mol. The fourth-order valence-electron chi connectivity index (χ4n) is 1.65. The van der Waals surface area contributed by atoms with Gasteiger partial charge in [-0.1, -0.05) is 6.07 Å². The van der Waals surface area contributed by atoms with E-state index in [4.69, 9.17) is 4.74 Å². The fraction of sp³-hybridized carbons (Fsp3) is 0.0833. The maximum absolute atomic E-state index is 5.18. The van der Waals surface area contributed by atoms with Crippen molar-refractivity contribution in [3.05, 3.63) is 35.7 Å². The molecule has 0 atom stereocenters. The summed E-state index contributed by atoms with van der Waals surface area (Å²) in [6, 6.07) is 9.91. The van der Waals surface area contributed by atoms with Gasteiger partial charge in [0.2, 0.25) is 0 Å². The number of H-pyrrole nitrogens is 1. The molecule has 0 amide bonds. The topological polar surface area (TPSA) is 37.9 Å². The van der Waals surface area contributed by atoms with E-state index in [1.165, 1.54) is 0 Å². The van der Waals surface area contributed by atoms with Crippen LogP contribution in [0.4, 0.5) is 0 Å². The second kappa shape index (κ2) is 3.64. The predicted octanol–water partition coefficient (Wildman–Crippen LogP) is 3.30. The van der Waals surface area contributed by atoms with E-state index in [1.807, 2.05) is 29.6 Å². The lowest BCUT2D eigenvalue weighted by Crippen LogP contribution is -1.81. The molecule has 0 unspecified atom stereocenters. The molecule has 0 spiro atoms. The smallest absolute Gasteiger partial charge is 0.148 e. The third-order valence-electron chi connectivity index (χ3n) is 2.44. The van der Waals surface area contributed by atoms with Crippen LogP contribution in [0.5, 0.6) is 5.75 Å². The zero-order chi connectivity index (χ0) is 11.0. The number of nitrogens with zero attached hydrogens (tertiary/aromatic N) is 1. The number of aromatic nitrogens is 2. The summed E-state index contributed by atoms with van der Waals surface area (Å²) in [6.07, 6.45) is 0. The van der Waals surface area contributed by atoms with Crippen LogP contribution in [0.2, 0.25) is 0 Å². The fourth-order valence-corrected chi connectivity index (χ4v) is 2.31. The predicted molar refractivity (Wildman–Crippen MR) is 66.0 cm³/mol. The highest BCUT2D eigenvalue weighted by Crippen LogP contribution is 2.26. The van der Waals surface area contributed by atoms with E-state index < -0.39 is 0 Å². The molecular weight excluding hydrogens is 220 g/mol. The van der Waals surface area contributed by atoms with Crippen LogP contribution in [-0.2, 0) is 0 Å². The van der Waals surface area contributed by atoms with Crippen molar-refractivity contribution in [3.8, 4) is 16.5 Å². The van der Waals surface area contributed by atoms with Crippen LogP contribution in [0, 0.1) is 0 Å². The molecule has 0 aliphatic carbocycles. The molecule has 3 aromatic rings. The number of fused-ring (bicyclic) bond motifs is 1. The van der Waals surface area contributed by atoms with Crippen molar-refractivity contribution < 1.29 is 4.74 Å². The lowest BCUT2D eigenvalue weighted by Gasteiger charge is -1.96. The number of benzene rings is 1. The van der Waals surface area contributed by atoms with Gasteiger partial charge in [-0.05, 0) is 23.6 Å². The van der Waals surface area contributed by atoms with E-state index in [-0.39, 0.29) is 0 Å². The summed E-state index contributed by atoms with van der Waals surface area (Å²) < 4.78 is 5.18. The van der Waals surface area contributed by atoms with Gasteiger partial charge >= 0.3 is 0 Å². The Balaban J connectivity index is 2.16. The molecule has 1 aromatic carbocycles. The first-order valence-corrected chi connectivity index (χ1v) is 5.82. The number of rotatable bonds is 2. The normalized spacial score (nSPS) is 10.8. The summed E-state index contributed by atoms with van der Waals surface area (Å²) in [6.45, 7) is 0. The summed E-state index contributed by atoms with van der Waals surface area (Å²) in [5.41, 5.74) is 1.96. The van der Waals surface area contributed by atoms with Crippen molar-refractivity contribution in [1.82, 2.24) is 9.97 Å². The van der Waals surface area contributed by atoms with E-state index in [0.29, 0.717) is 0 Å². The lowest BCUT2D eigenvalue weighted by atomic mass is 10.3. The number of thiophene rings is 1. The SMILES string of the molecule is COc1ccc2nc(-c3cccs3)[nH]c2c1. The number of imidazole rings is 1. The minimum absolute atomic E-state index is 0.842. The zero-order valence-electron chi connectivity index (χ0n) is 8.73. The van der Waals surface area contributed by atoms with Gasteiger partial charge in [0.15, 0.2) is 0 Å². The zero-order valence-corrected chi connectivity index (χ0v) is 9.54. The first-order valence-electron chi connectivity index (χ1n) is 4.94. The minimum atomic E-state index is 0.842. The molecular formula is C12H10N2OS. The standard InChI is InChI=1S/C12H10N2OS/c1-15-8-4-5-9-10(7-8)14-12(13-9)11-3-2-6-16-11/h2-7H,1H3,(H,13,14). The molecule has 2 heterocycles. The van der Waals surface area contributed by atoms with Crippen LogP contribution >= 0.6 is 11.3 Å². The third kappa shape index (κ3) is 1.47. The largest absolute Gasteiger partial charge is 0.497 e. The van der Waals surface area contributed by atoms with Crippen LogP contribution < -0.4 is 4.74 Å². The summed E-state index contributed by atoms with van der Waals surface area (Å²) in [4.78, 5) is 8.97. The van der Waals surface area contributed by atoms with Crippen LogP contribution in [-0.4, -0.2) is 17.1 Å². The number of ether oxygens (including phenoxy) is 1. The molecule has 0 radical (unpaired) electrons.